The number of carbonyl (C=O) groups is 1. The number of nitrogens with zero attached hydrogens (tertiary/aromatic N) is 1. The van der Waals surface area contributed by atoms with E-state index in [4.69, 9.17) is 4.74 Å². The molecule has 2 saturated heterocycles. The highest BCUT2D eigenvalue weighted by atomic mass is 32.2. The van der Waals surface area contributed by atoms with Crippen LogP contribution < -0.4 is 15.0 Å². The number of piperidine rings is 1. The Balaban J connectivity index is 1.40. The Labute approximate surface area is 188 Å². The molecule has 2 aliphatic heterocycles. The highest BCUT2D eigenvalue weighted by Crippen LogP contribution is 2.39. The first-order valence-corrected chi connectivity index (χ1v) is 12.8. The van der Waals surface area contributed by atoms with Crippen LogP contribution in [0.25, 0.3) is 0 Å². The summed E-state index contributed by atoms with van der Waals surface area (Å²) in [6.07, 6.45) is 4.94. The van der Waals surface area contributed by atoms with Gasteiger partial charge in [0.25, 0.3) is 5.91 Å². The molecule has 2 aromatic carbocycles. The van der Waals surface area contributed by atoms with Crippen LogP contribution in [-0.4, -0.2) is 44.3 Å². The third kappa shape index (κ3) is 4.75. The Morgan fingerprint density at radius 3 is 2.12 bits per heavy atom. The van der Waals surface area contributed by atoms with Crippen molar-refractivity contribution in [3.8, 4) is 5.75 Å². The first-order chi connectivity index (χ1) is 15.0. The van der Waals surface area contributed by atoms with E-state index in [0.29, 0.717) is 22.7 Å². The Morgan fingerprint density at radius 2 is 1.59 bits per heavy atom. The predicted octanol–water partition coefficient (Wildman–Crippen LogP) is 3.70. The summed E-state index contributed by atoms with van der Waals surface area (Å²) in [5.41, 5.74) is -0.0650. The minimum Gasteiger partial charge on any atom is -0.478 e. The predicted molar refractivity (Wildman–Crippen MR) is 121 cm³/mol. The fourth-order valence-corrected chi connectivity index (χ4v) is 5.42. The molecular formula is C24H29FN2O4S. The topological polar surface area (TPSA) is 75.7 Å². The Bertz CT molecular complexity index is 1070. The van der Waals surface area contributed by atoms with Gasteiger partial charge in [-0.25, -0.2) is 12.8 Å². The monoisotopic (exact) mass is 460 g/mol. The first-order valence-electron chi connectivity index (χ1n) is 10.9. The van der Waals surface area contributed by atoms with Crippen LogP contribution in [0.2, 0.25) is 0 Å². The van der Waals surface area contributed by atoms with Gasteiger partial charge in [0.05, 0.1) is 4.90 Å². The average Bonchev–Trinajstić information content (AvgIpc) is 2.99. The second kappa shape index (κ2) is 8.39. The van der Waals surface area contributed by atoms with Gasteiger partial charge in [0.15, 0.2) is 15.4 Å². The number of sulfone groups is 1. The number of amides is 1. The van der Waals surface area contributed by atoms with E-state index in [1.807, 2.05) is 12.1 Å². The lowest BCUT2D eigenvalue weighted by Gasteiger charge is -2.41. The molecule has 3 atom stereocenters. The zero-order valence-corrected chi connectivity index (χ0v) is 19.4. The summed E-state index contributed by atoms with van der Waals surface area (Å²) in [5, 5.41) is 3.15. The van der Waals surface area contributed by atoms with E-state index in [-0.39, 0.29) is 17.8 Å². The maximum Gasteiger partial charge on any atom is 0.263 e. The third-order valence-electron chi connectivity index (χ3n) is 6.36. The second-order valence-electron chi connectivity index (χ2n) is 9.27. The van der Waals surface area contributed by atoms with E-state index >= 15 is 0 Å². The smallest absolute Gasteiger partial charge is 0.263 e. The van der Waals surface area contributed by atoms with Gasteiger partial charge in [0.2, 0.25) is 0 Å². The minimum atomic E-state index is -3.22. The molecule has 2 fully saturated rings. The van der Waals surface area contributed by atoms with Gasteiger partial charge in [-0.15, -0.1) is 0 Å². The number of hydrogen-bond donors (Lipinski definition) is 1. The lowest BCUT2D eigenvalue weighted by Crippen LogP contribution is -2.55. The quantitative estimate of drug-likeness (QED) is 0.711. The maximum absolute atomic E-state index is 13.1. The van der Waals surface area contributed by atoms with Crippen molar-refractivity contribution in [3.63, 3.8) is 0 Å². The molecular weight excluding hydrogens is 431 g/mol. The molecule has 0 aliphatic carbocycles. The van der Waals surface area contributed by atoms with Crippen LogP contribution >= 0.6 is 0 Å². The van der Waals surface area contributed by atoms with Gasteiger partial charge >= 0.3 is 0 Å². The fraction of sp³-hybridized carbons (Fsp3) is 0.458. The number of anilines is 1. The van der Waals surface area contributed by atoms with Crippen molar-refractivity contribution in [2.45, 2.75) is 68.2 Å². The van der Waals surface area contributed by atoms with Crippen LogP contribution in [0.4, 0.5) is 10.1 Å². The summed E-state index contributed by atoms with van der Waals surface area (Å²) >= 11 is 0. The standard InChI is InChI=1S/C24H29FN2O4S/c1-24(2,31-21-10-4-16(25)5-11-21)23(28)26-17-14-19-6-7-20(15-17)27(19)18-8-12-22(13-9-18)32(3,29)30/h4-5,8-13,17,19-20H,6-7,14-15H2,1-3H3,(H,26,28)/t17?,19-,20+. The molecule has 0 radical (unpaired) electrons. The summed E-state index contributed by atoms with van der Waals surface area (Å²) in [6, 6.07) is 13.3. The highest BCUT2D eigenvalue weighted by molar-refractivity contribution is 7.90. The van der Waals surface area contributed by atoms with Crippen LogP contribution in [0, 0.1) is 5.82 Å². The van der Waals surface area contributed by atoms with Crippen molar-refractivity contribution in [1.82, 2.24) is 5.32 Å². The largest absolute Gasteiger partial charge is 0.478 e. The molecule has 1 unspecified atom stereocenters. The van der Waals surface area contributed by atoms with E-state index in [2.05, 4.69) is 10.2 Å². The Morgan fingerprint density at radius 1 is 1.03 bits per heavy atom. The van der Waals surface area contributed by atoms with Gasteiger partial charge < -0.3 is 15.0 Å². The van der Waals surface area contributed by atoms with Gasteiger partial charge in [-0.2, -0.15) is 0 Å². The van der Waals surface area contributed by atoms with Crippen molar-refractivity contribution in [2.24, 2.45) is 0 Å². The van der Waals surface area contributed by atoms with Crippen LogP contribution in [0.1, 0.15) is 39.5 Å². The normalized spacial score (nSPS) is 23.1. The molecule has 32 heavy (non-hydrogen) atoms. The summed E-state index contributed by atoms with van der Waals surface area (Å²) < 4.78 is 42.4. The lowest BCUT2D eigenvalue weighted by molar-refractivity contribution is -0.135. The van der Waals surface area contributed by atoms with E-state index in [1.54, 1.807) is 26.0 Å². The number of benzene rings is 2. The second-order valence-corrected chi connectivity index (χ2v) is 11.3. The van der Waals surface area contributed by atoms with Gasteiger partial charge in [-0.1, -0.05) is 0 Å². The van der Waals surface area contributed by atoms with Gasteiger partial charge in [-0.05, 0) is 88.1 Å². The Hall–Kier alpha value is -2.61. The maximum atomic E-state index is 13.1. The van der Waals surface area contributed by atoms with Crippen molar-refractivity contribution < 1.29 is 22.3 Å². The first kappa shape index (κ1) is 22.6. The Kier molecular flexibility index (Phi) is 5.92. The molecule has 2 bridgehead atoms. The molecule has 2 aliphatic rings. The molecule has 172 valence electrons. The van der Waals surface area contributed by atoms with Crippen LogP contribution in [-0.2, 0) is 14.6 Å². The highest BCUT2D eigenvalue weighted by Gasteiger charge is 2.42. The van der Waals surface area contributed by atoms with Crippen LogP contribution in [0.15, 0.2) is 53.4 Å². The minimum absolute atomic E-state index is 0.0441. The molecule has 2 heterocycles. The number of fused-ring (bicyclic) bond motifs is 2. The molecule has 0 saturated carbocycles. The molecule has 4 rings (SSSR count). The molecule has 6 nitrogen and oxygen atoms in total. The van der Waals surface area contributed by atoms with Crippen molar-refractivity contribution in [1.29, 1.82) is 0 Å². The molecule has 0 spiro atoms. The molecule has 0 aromatic heterocycles. The number of carbonyl (C=O) groups excluding carboxylic acids is 1. The fourth-order valence-electron chi connectivity index (χ4n) is 4.78. The number of nitrogens with one attached hydrogen (secondary N) is 1. The number of ether oxygens (including phenoxy) is 1. The molecule has 1 amide bonds. The van der Waals surface area contributed by atoms with E-state index in [0.717, 1.165) is 31.4 Å². The summed E-state index contributed by atoms with van der Waals surface area (Å²) in [6.45, 7) is 3.41. The van der Waals surface area contributed by atoms with Crippen LogP contribution in [0.3, 0.4) is 0 Å². The summed E-state index contributed by atoms with van der Waals surface area (Å²) in [5.74, 6) is -0.107. The number of hydrogen-bond acceptors (Lipinski definition) is 5. The number of rotatable bonds is 6. The van der Waals surface area contributed by atoms with Crippen LogP contribution in [0.5, 0.6) is 5.75 Å². The van der Waals surface area contributed by atoms with Crippen molar-refractivity contribution in [3.05, 3.63) is 54.3 Å². The average molecular weight is 461 g/mol. The lowest BCUT2D eigenvalue weighted by atomic mass is 9.95. The van der Waals surface area contributed by atoms with Gasteiger partial charge in [0.1, 0.15) is 11.6 Å². The summed E-state index contributed by atoms with van der Waals surface area (Å²) in [7, 11) is -3.22. The molecule has 2 aromatic rings. The summed E-state index contributed by atoms with van der Waals surface area (Å²) in [4.78, 5) is 15.6. The van der Waals surface area contributed by atoms with E-state index in [1.165, 1.54) is 30.5 Å². The third-order valence-corrected chi connectivity index (χ3v) is 7.49. The number of halogens is 1. The van der Waals surface area contributed by atoms with Gasteiger partial charge in [0, 0.05) is 30.1 Å². The van der Waals surface area contributed by atoms with Crippen molar-refractivity contribution in [2.75, 3.05) is 11.2 Å². The van der Waals surface area contributed by atoms with E-state index < -0.39 is 15.4 Å². The van der Waals surface area contributed by atoms with Crippen molar-refractivity contribution >= 4 is 21.4 Å². The SMILES string of the molecule is CC(C)(Oc1ccc(F)cc1)C(=O)NC1C[C@H]2CC[C@@H](C1)N2c1ccc(S(C)(=O)=O)cc1. The van der Waals surface area contributed by atoms with E-state index in [9.17, 15) is 17.6 Å². The van der Waals surface area contributed by atoms with Gasteiger partial charge in [-0.3, -0.25) is 4.79 Å². The zero-order valence-electron chi connectivity index (χ0n) is 18.5. The zero-order chi connectivity index (χ0) is 23.1. The molecule has 1 N–H and O–H groups in total. The molecule has 8 heteroatoms.